The van der Waals surface area contributed by atoms with Crippen LogP contribution in [0.1, 0.15) is 26.6 Å². The molecule has 0 unspecified atom stereocenters. The standard InChI is InChI=1S/C17H16N4O2S/c22-15(12-5-3-8-18-11-12)19-9-4-10-20-16(23)17-21-13-6-1-2-7-14(13)24-17/h1-3,5-8,11H,4,9-10H2,(H,19,22)(H,20,23). The van der Waals surface area contributed by atoms with Gasteiger partial charge in [-0.2, -0.15) is 0 Å². The van der Waals surface area contributed by atoms with E-state index >= 15 is 0 Å². The summed E-state index contributed by atoms with van der Waals surface area (Å²) in [6.45, 7) is 0.954. The fourth-order valence-electron chi connectivity index (χ4n) is 2.14. The number of fused-ring (bicyclic) bond motifs is 1. The van der Waals surface area contributed by atoms with Crippen molar-refractivity contribution < 1.29 is 9.59 Å². The van der Waals surface area contributed by atoms with Crippen LogP contribution >= 0.6 is 11.3 Å². The van der Waals surface area contributed by atoms with Gasteiger partial charge in [0, 0.05) is 25.5 Å². The summed E-state index contributed by atoms with van der Waals surface area (Å²) in [6.07, 6.45) is 3.78. The third-order valence-electron chi connectivity index (χ3n) is 3.34. The summed E-state index contributed by atoms with van der Waals surface area (Å²) in [4.78, 5) is 32.1. The van der Waals surface area contributed by atoms with E-state index in [9.17, 15) is 9.59 Å². The van der Waals surface area contributed by atoms with Crippen molar-refractivity contribution in [1.82, 2.24) is 20.6 Å². The highest BCUT2D eigenvalue weighted by Crippen LogP contribution is 2.21. The maximum atomic E-state index is 12.1. The zero-order valence-electron chi connectivity index (χ0n) is 12.9. The lowest BCUT2D eigenvalue weighted by atomic mass is 10.2. The van der Waals surface area contributed by atoms with Crippen molar-refractivity contribution >= 4 is 33.4 Å². The molecular weight excluding hydrogens is 324 g/mol. The van der Waals surface area contributed by atoms with Crippen LogP contribution in [0, 0.1) is 0 Å². The van der Waals surface area contributed by atoms with Crippen molar-refractivity contribution in [3.8, 4) is 0 Å². The van der Waals surface area contributed by atoms with Gasteiger partial charge in [0.05, 0.1) is 15.8 Å². The summed E-state index contributed by atoms with van der Waals surface area (Å²) in [5.74, 6) is -0.351. The van der Waals surface area contributed by atoms with E-state index in [0.717, 1.165) is 10.2 Å². The summed E-state index contributed by atoms with van der Waals surface area (Å²) in [5.41, 5.74) is 1.35. The van der Waals surface area contributed by atoms with Crippen LogP contribution in [0.2, 0.25) is 0 Å². The smallest absolute Gasteiger partial charge is 0.280 e. The molecular formula is C17H16N4O2S. The molecule has 0 radical (unpaired) electrons. The van der Waals surface area contributed by atoms with E-state index in [1.165, 1.54) is 17.5 Å². The molecule has 0 fully saturated rings. The van der Waals surface area contributed by atoms with E-state index in [-0.39, 0.29) is 11.8 Å². The van der Waals surface area contributed by atoms with Gasteiger partial charge in [0.25, 0.3) is 11.8 Å². The second-order valence-electron chi connectivity index (χ2n) is 5.09. The Labute approximate surface area is 142 Å². The van der Waals surface area contributed by atoms with Gasteiger partial charge in [-0.05, 0) is 30.7 Å². The highest BCUT2D eigenvalue weighted by atomic mass is 32.1. The van der Waals surface area contributed by atoms with E-state index in [1.807, 2.05) is 24.3 Å². The second kappa shape index (κ2) is 7.65. The molecule has 0 aliphatic rings. The number of thiazole rings is 1. The summed E-state index contributed by atoms with van der Waals surface area (Å²) in [6, 6.07) is 11.1. The SMILES string of the molecule is O=C(NCCCNC(=O)c1nc2ccccc2s1)c1cccnc1. The van der Waals surface area contributed by atoms with E-state index in [0.29, 0.717) is 30.1 Å². The van der Waals surface area contributed by atoms with E-state index in [1.54, 1.807) is 18.3 Å². The van der Waals surface area contributed by atoms with Crippen LogP contribution in [0.4, 0.5) is 0 Å². The topological polar surface area (TPSA) is 84.0 Å². The Balaban J connectivity index is 1.41. The van der Waals surface area contributed by atoms with Gasteiger partial charge in [0.2, 0.25) is 0 Å². The van der Waals surface area contributed by atoms with Crippen molar-refractivity contribution in [2.24, 2.45) is 0 Å². The zero-order valence-corrected chi connectivity index (χ0v) is 13.7. The average molecular weight is 340 g/mol. The van der Waals surface area contributed by atoms with Gasteiger partial charge in [-0.15, -0.1) is 11.3 Å². The van der Waals surface area contributed by atoms with E-state index in [2.05, 4.69) is 20.6 Å². The lowest BCUT2D eigenvalue weighted by Gasteiger charge is -2.05. The summed E-state index contributed by atoms with van der Waals surface area (Å²) >= 11 is 1.37. The van der Waals surface area contributed by atoms with E-state index in [4.69, 9.17) is 0 Å². The van der Waals surface area contributed by atoms with Gasteiger partial charge < -0.3 is 10.6 Å². The Morgan fingerprint density at radius 2 is 1.79 bits per heavy atom. The number of aromatic nitrogens is 2. The van der Waals surface area contributed by atoms with Crippen molar-refractivity contribution in [2.45, 2.75) is 6.42 Å². The number of nitrogens with zero attached hydrogens (tertiary/aromatic N) is 2. The van der Waals surface area contributed by atoms with Crippen LogP contribution in [-0.2, 0) is 0 Å². The van der Waals surface area contributed by atoms with Gasteiger partial charge >= 0.3 is 0 Å². The molecule has 7 heteroatoms. The minimum Gasteiger partial charge on any atom is -0.352 e. The third-order valence-corrected chi connectivity index (χ3v) is 4.37. The average Bonchev–Trinajstić information content (AvgIpc) is 3.06. The predicted molar refractivity (Wildman–Crippen MR) is 93.1 cm³/mol. The Morgan fingerprint density at radius 1 is 1.00 bits per heavy atom. The molecule has 122 valence electrons. The van der Waals surface area contributed by atoms with Crippen molar-refractivity contribution in [1.29, 1.82) is 0 Å². The molecule has 0 aliphatic carbocycles. The summed E-state index contributed by atoms with van der Waals surface area (Å²) in [5, 5.41) is 6.06. The first kappa shape index (κ1) is 16.1. The molecule has 3 rings (SSSR count). The van der Waals surface area contributed by atoms with Gasteiger partial charge in [0.15, 0.2) is 5.01 Å². The highest BCUT2D eigenvalue weighted by Gasteiger charge is 2.11. The molecule has 2 N–H and O–H groups in total. The summed E-state index contributed by atoms with van der Waals surface area (Å²) in [7, 11) is 0. The van der Waals surface area contributed by atoms with Crippen molar-refractivity contribution in [3.05, 3.63) is 59.4 Å². The van der Waals surface area contributed by atoms with Crippen LogP contribution < -0.4 is 10.6 Å². The number of amides is 2. The molecule has 6 nitrogen and oxygen atoms in total. The molecule has 0 saturated carbocycles. The first-order valence-corrected chi connectivity index (χ1v) is 8.38. The minimum absolute atomic E-state index is 0.166. The molecule has 1 aromatic carbocycles. The number of rotatable bonds is 6. The Morgan fingerprint density at radius 3 is 2.54 bits per heavy atom. The van der Waals surface area contributed by atoms with Crippen LogP contribution in [-0.4, -0.2) is 34.9 Å². The van der Waals surface area contributed by atoms with Crippen LogP contribution in [0.15, 0.2) is 48.8 Å². The van der Waals surface area contributed by atoms with E-state index < -0.39 is 0 Å². The molecule has 2 amide bonds. The first-order valence-electron chi connectivity index (χ1n) is 7.56. The lowest BCUT2D eigenvalue weighted by Crippen LogP contribution is -2.29. The van der Waals surface area contributed by atoms with Crippen molar-refractivity contribution in [3.63, 3.8) is 0 Å². The third kappa shape index (κ3) is 3.94. The molecule has 0 atom stereocenters. The predicted octanol–water partition coefficient (Wildman–Crippen LogP) is 2.24. The Kier molecular flexibility index (Phi) is 5.12. The lowest BCUT2D eigenvalue weighted by molar-refractivity contribution is 0.0951. The molecule has 0 bridgehead atoms. The van der Waals surface area contributed by atoms with Crippen LogP contribution in [0.25, 0.3) is 10.2 Å². The number of pyridine rings is 1. The van der Waals surface area contributed by atoms with Gasteiger partial charge in [-0.1, -0.05) is 12.1 Å². The number of hydrogen-bond donors (Lipinski definition) is 2. The fourth-order valence-corrected chi connectivity index (χ4v) is 3.02. The normalized spacial score (nSPS) is 10.5. The molecule has 3 aromatic rings. The molecule has 0 saturated heterocycles. The highest BCUT2D eigenvalue weighted by molar-refractivity contribution is 7.20. The zero-order chi connectivity index (χ0) is 16.8. The first-order chi connectivity index (χ1) is 11.7. The maximum absolute atomic E-state index is 12.1. The number of para-hydroxylation sites is 1. The quantitative estimate of drug-likeness (QED) is 0.674. The van der Waals surface area contributed by atoms with Gasteiger partial charge in [-0.3, -0.25) is 14.6 Å². The number of hydrogen-bond acceptors (Lipinski definition) is 5. The van der Waals surface area contributed by atoms with Crippen LogP contribution in [0.3, 0.4) is 0 Å². The number of nitrogens with one attached hydrogen (secondary N) is 2. The fraction of sp³-hybridized carbons (Fsp3) is 0.176. The maximum Gasteiger partial charge on any atom is 0.280 e. The largest absolute Gasteiger partial charge is 0.352 e. The number of carbonyl (C=O) groups excluding carboxylic acids is 2. The monoisotopic (exact) mass is 340 g/mol. The second-order valence-corrected chi connectivity index (χ2v) is 6.12. The van der Waals surface area contributed by atoms with Gasteiger partial charge in [0.1, 0.15) is 0 Å². The summed E-state index contributed by atoms with van der Waals surface area (Å²) < 4.78 is 0.992. The molecule has 2 heterocycles. The molecule has 0 aliphatic heterocycles. The van der Waals surface area contributed by atoms with Crippen molar-refractivity contribution in [2.75, 3.05) is 13.1 Å². The van der Waals surface area contributed by atoms with Crippen LogP contribution in [0.5, 0.6) is 0 Å². The number of carbonyl (C=O) groups is 2. The molecule has 0 spiro atoms. The molecule has 24 heavy (non-hydrogen) atoms. The Bertz CT molecular complexity index is 815. The number of benzene rings is 1. The Hall–Kier alpha value is -2.80. The molecule has 2 aromatic heterocycles. The minimum atomic E-state index is -0.185. The van der Waals surface area contributed by atoms with Gasteiger partial charge in [-0.25, -0.2) is 4.98 Å².